The van der Waals surface area contributed by atoms with Crippen molar-refractivity contribution in [2.75, 3.05) is 5.32 Å². The van der Waals surface area contributed by atoms with E-state index in [-0.39, 0.29) is 6.54 Å². The van der Waals surface area contributed by atoms with Crippen LogP contribution in [0.15, 0.2) is 41.0 Å². The van der Waals surface area contributed by atoms with E-state index in [0.717, 1.165) is 0 Å². The second kappa shape index (κ2) is 7.06. The Bertz CT molecular complexity index is 712. The van der Waals surface area contributed by atoms with Crippen LogP contribution < -0.4 is 10.6 Å². The highest BCUT2D eigenvalue weighted by molar-refractivity contribution is 6.35. The van der Waals surface area contributed by atoms with Gasteiger partial charge < -0.3 is 15.1 Å². The Hall–Kier alpha value is -1.98. The maximum Gasteiger partial charge on any atom is 0.239 e. The molecule has 0 unspecified atom stereocenters. The van der Waals surface area contributed by atoms with Crippen LogP contribution in [-0.2, 0) is 16.1 Å². The summed E-state index contributed by atoms with van der Waals surface area (Å²) in [5, 5.41) is 6.07. The average Bonchev–Trinajstić information content (AvgIpc) is 3.01. The zero-order valence-electron chi connectivity index (χ0n) is 12.7. The standard InChI is InChI=1S/C16H16Cl2N2O3/c1-16(2,14(21)19-9-11-4-3-7-23-11)15(22)20-13-8-10(17)5-6-12(13)18/h3-8H,9H2,1-2H3,(H,19,21)(H,20,22). The van der Waals surface area contributed by atoms with Gasteiger partial charge in [0.15, 0.2) is 0 Å². The summed E-state index contributed by atoms with van der Waals surface area (Å²) in [5.41, 5.74) is -0.936. The lowest BCUT2D eigenvalue weighted by molar-refractivity contribution is -0.138. The van der Waals surface area contributed by atoms with E-state index in [9.17, 15) is 9.59 Å². The third-order valence-corrected chi connectivity index (χ3v) is 3.88. The molecule has 0 saturated carbocycles. The fourth-order valence-electron chi connectivity index (χ4n) is 1.78. The zero-order valence-corrected chi connectivity index (χ0v) is 14.2. The Kier molecular flexibility index (Phi) is 5.34. The van der Waals surface area contributed by atoms with Gasteiger partial charge in [-0.3, -0.25) is 9.59 Å². The lowest BCUT2D eigenvalue weighted by Gasteiger charge is -2.22. The van der Waals surface area contributed by atoms with Crippen LogP contribution in [0.25, 0.3) is 0 Å². The van der Waals surface area contributed by atoms with E-state index >= 15 is 0 Å². The maximum absolute atomic E-state index is 12.4. The molecule has 1 aromatic carbocycles. The van der Waals surface area contributed by atoms with Gasteiger partial charge in [0.2, 0.25) is 11.8 Å². The first-order valence-corrected chi connectivity index (χ1v) is 7.63. The highest BCUT2D eigenvalue weighted by Crippen LogP contribution is 2.27. The van der Waals surface area contributed by atoms with Crippen molar-refractivity contribution < 1.29 is 14.0 Å². The van der Waals surface area contributed by atoms with E-state index in [1.54, 1.807) is 24.3 Å². The summed E-state index contributed by atoms with van der Waals surface area (Å²) in [6.45, 7) is 3.26. The zero-order chi connectivity index (χ0) is 17.0. The molecule has 122 valence electrons. The topological polar surface area (TPSA) is 71.3 Å². The van der Waals surface area contributed by atoms with E-state index in [1.165, 1.54) is 26.2 Å². The van der Waals surface area contributed by atoms with Gasteiger partial charge in [0.1, 0.15) is 11.2 Å². The van der Waals surface area contributed by atoms with Crippen LogP contribution in [0, 0.1) is 5.41 Å². The molecule has 0 saturated heterocycles. The molecule has 0 aliphatic heterocycles. The molecule has 0 aliphatic rings. The summed E-state index contributed by atoms with van der Waals surface area (Å²) in [6, 6.07) is 8.17. The summed E-state index contributed by atoms with van der Waals surface area (Å²) in [5.74, 6) is -0.310. The van der Waals surface area contributed by atoms with Crippen LogP contribution in [0.5, 0.6) is 0 Å². The lowest BCUT2D eigenvalue weighted by atomic mass is 9.91. The number of hydrogen-bond donors (Lipinski definition) is 2. The van der Waals surface area contributed by atoms with E-state index < -0.39 is 17.2 Å². The minimum atomic E-state index is -1.29. The third kappa shape index (κ3) is 4.27. The number of hydrogen-bond acceptors (Lipinski definition) is 3. The Morgan fingerprint density at radius 3 is 2.57 bits per heavy atom. The molecule has 0 atom stereocenters. The van der Waals surface area contributed by atoms with Crippen molar-refractivity contribution in [1.29, 1.82) is 0 Å². The van der Waals surface area contributed by atoms with Gasteiger partial charge >= 0.3 is 0 Å². The van der Waals surface area contributed by atoms with Crippen molar-refractivity contribution in [1.82, 2.24) is 5.32 Å². The molecular formula is C16H16Cl2N2O3. The molecule has 2 aromatic rings. The first-order chi connectivity index (χ1) is 10.8. The molecule has 0 bridgehead atoms. The second-order valence-electron chi connectivity index (χ2n) is 5.47. The molecule has 0 spiro atoms. The molecule has 23 heavy (non-hydrogen) atoms. The predicted molar refractivity (Wildman–Crippen MR) is 89.4 cm³/mol. The van der Waals surface area contributed by atoms with E-state index in [0.29, 0.717) is 21.5 Å². The first kappa shape index (κ1) is 17.4. The lowest BCUT2D eigenvalue weighted by Crippen LogP contribution is -2.44. The second-order valence-corrected chi connectivity index (χ2v) is 6.31. The molecule has 2 amide bonds. The third-order valence-electron chi connectivity index (χ3n) is 3.32. The van der Waals surface area contributed by atoms with Gasteiger partial charge in [0.05, 0.1) is 23.5 Å². The van der Waals surface area contributed by atoms with E-state index in [2.05, 4.69) is 10.6 Å². The van der Waals surface area contributed by atoms with Crippen LogP contribution in [0.1, 0.15) is 19.6 Å². The minimum Gasteiger partial charge on any atom is -0.467 e. The number of carbonyl (C=O) groups excluding carboxylic acids is 2. The van der Waals surface area contributed by atoms with Gasteiger partial charge in [-0.2, -0.15) is 0 Å². The van der Waals surface area contributed by atoms with Crippen molar-refractivity contribution in [3.8, 4) is 0 Å². The molecule has 0 aliphatic carbocycles. The molecule has 5 nitrogen and oxygen atoms in total. The Labute approximate surface area is 144 Å². The summed E-state index contributed by atoms with van der Waals surface area (Å²) in [7, 11) is 0. The smallest absolute Gasteiger partial charge is 0.239 e. The van der Waals surface area contributed by atoms with Gasteiger partial charge in [-0.05, 0) is 44.2 Å². The average molecular weight is 355 g/mol. The predicted octanol–water partition coefficient (Wildman–Crippen LogP) is 3.87. The molecule has 7 heteroatoms. The SMILES string of the molecule is CC(C)(C(=O)NCc1ccco1)C(=O)Nc1cc(Cl)ccc1Cl. The van der Waals surface area contributed by atoms with E-state index in [1.807, 2.05) is 0 Å². The van der Waals surface area contributed by atoms with Crippen LogP contribution in [0.2, 0.25) is 10.0 Å². The maximum atomic E-state index is 12.4. The molecule has 0 fully saturated rings. The van der Waals surface area contributed by atoms with E-state index in [4.69, 9.17) is 27.6 Å². The number of carbonyl (C=O) groups is 2. The molecular weight excluding hydrogens is 339 g/mol. The summed E-state index contributed by atoms with van der Waals surface area (Å²) >= 11 is 11.9. The van der Waals surface area contributed by atoms with Gasteiger partial charge in [0, 0.05) is 5.02 Å². The van der Waals surface area contributed by atoms with Crippen molar-refractivity contribution in [2.45, 2.75) is 20.4 Å². The number of rotatable bonds is 5. The number of anilines is 1. The number of halogens is 2. The fourth-order valence-corrected chi connectivity index (χ4v) is 2.11. The van der Waals surface area contributed by atoms with Crippen molar-refractivity contribution >= 4 is 40.7 Å². The summed E-state index contributed by atoms with van der Waals surface area (Å²) in [6.07, 6.45) is 1.51. The van der Waals surface area contributed by atoms with Crippen LogP contribution >= 0.6 is 23.2 Å². The Balaban J connectivity index is 2.03. The van der Waals surface area contributed by atoms with Gasteiger partial charge in [-0.1, -0.05) is 23.2 Å². The number of furan rings is 1. The number of benzene rings is 1. The summed E-state index contributed by atoms with van der Waals surface area (Å²) in [4.78, 5) is 24.7. The van der Waals surface area contributed by atoms with Crippen molar-refractivity contribution in [3.05, 3.63) is 52.4 Å². The largest absolute Gasteiger partial charge is 0.467 e. The minimum absolute atomic E-state index is 0.209. The highest BCUT2D eigenvalue weighted by atomic mass is 35.5. The number of amides is 2. The number of nitrogens with one attached hydrogen (secondary N) is 2. The van der Waals surface area contributed by atoms with Crippen molar-refractivity contribution in [2.24, 2.45) is 5.41 Å². The Morgan fingerprint density at radius 2 is 1.91 bits per heavy atom. The van der Waals surface area contributed by atoms with Crippen LogP contribution in [0.4, 0.5) is 5.69 Å². The van der Waals surface area contributed by atoms with Gasteiger partial charge in [0.25, 0.3) is 0 Å². The molecule has 1 aromatic heterocycles. The Morgan fingerprint density at radius 1 is 1.17 bits per heavy atom. The monoisotopic (exact) mass is 354 g/mol. The fraction of sp³-hybridized carbons (Fsp3) is 0.250. The molecule has 0 radical (unpaired) electrons. The van der Waals surface area contributed by atoms with Crippen LogP contribution in [0.3, 0.4) is 0 Å². The van der Waals surface area contributed by atoms with Gasteiger partial charge in [-0.15, -0.1) is 0 Å². The molecule has 1 heterocycles. The quantitative estimate of drug-likeness (QED) is 0.800. The van der Waals surface area contributed by atoms with Gasteiger partial charge in [-0.25, -0.2) is 0 Å². The molecule has 2 rings (SSSR count). The first-order valence-electron chi connectivity index (χ1n) is 6.88. The van der Waals surface area contributed by atoms with Crippen molar-refractivity contribution in [3.63, 3.8) is 0 Å². The molecule has 2 N–H and O–H groups in total. The van der Waals surface area contributed by atoms with Crippen LogP contribution in [-0.4, -0.2) is 11.8 Å². The normalized spacial score (nSPS) is 11.1. The highest BCUT2D eigenvalue weighted by Gasteiger charge is 2.36. The summed E-state index contributed by atoms with van der Waals surface area (Å²) < 4.78 is 5.13.